The Morgan fingerprint density at radius 3 is 2.38 bits per heavy atom. The van der Waals surface area contributed by atoms with E-state index in [1.807, 2.05) is 13.0 Å². The van der Waals surface area contributed by atoms with Gasteiger partial charge in [-0.2, -0.15) is 4.73 Å². The van der Waals surface area contributed by atoms with E-state index in [0.29, 0.717) is 27.7 Å². The molecule has 0 bridgehead atoms. The molecule has 8 heteroatoms. The number of halogens is 1. The molecule has 0 unspecified atom stereocenters. The zero-order chi connectivity index (χ0) is 20.8. The molecule has 0 atom stereocenters. The molecule has 3 rings (SSSR count). The second-order valence-electron chi connectivity index (χ2n) is 6.26. The van der Waals surface area contributed by atoms with Crippen molar-refractivity contribution in [1.29, 1.82) is 0 Å². The van der Waals surface area contributed by atoms with Gasteiger partial charge in [0, 0.05) is 16.7 Å². The van der Waals surface area contributed by atoms with Crippen LogP contribution in [0, 0.1) is 12.1 Å². The zero-order valence-corrected chi connectivity index (χ0v) is 16.3. The molecule has 1 heterocycles. The van der Waals surface area contributed by atoms with E-state index >= 15 is 0 Å². The molecule has 2 aromatic carbocycles. The number of aromatic nitrogens is 1. The van der Waals surface area contributed by atoms with Gasteiger partial charge in [-0.25, -0.2) is 0 Å². The molecule has 3 aromatic rings. The molecule has 0 aliphatic rings. The summed E-state index contributed by atoms with van der Waals surface area (Å²) >= 11 is 6.00. The Bertz CT molecular complexity index is 1040. The first-order chi connectivity index (χ1) is 13.9. The maximum atomic E-state index is 12.2. The van der Waals surface area contributed by atoms with Crippen LogP contribution in [0.15, 0.2) is 67.0 Å². The Labute approximate surface area is 172 Å². The lowest BCUT2D eigenvalue weighted by atomic mass is 10.1. The second-order valence-corrected chi connectivity index (χ2v) is 6.66. The molecular formula is C21H18ClN3O4. The third-order valence-corrected chi connectivity index (χ3v) is 4.50. The van der Waals surface area contributed by atoms with Crippen LogP contribution < -0.4 is 20.3 Å². The molecule has 2 amide bonds. The van der Waals surface area contributed by atoms with E-state index in [-0.39, 0.29) is 5.56 Å². The summed E-state index contributed by atoms with van der Waals surface area (Å²) in [6.45, 7) is 2.24. The van der Waals surface area contributed by atoms with Crippen LogP contribution >= 0.6 is 11.6 Å². The number of rotatable bonds is 5. The van der Waals surface area contributed by atoms with Crippen LogP contribution in [0.3, 0.4) is 0 Å². The minimum Gasteiger partial charge on any atom is -0.619 e. The van der Waals surface area contributed by atoms with Crippen LogP contribution in [-0.2, 0) is 6.61 Å². The number of carbonyl (C=O) groups is 2. The highest BCUT2D eigenvalue weighted by molar-refractivity contribution is 6.31. The highest BCUT2D eigenvalue weighted by atomic mass is 35.5. The molecule has 0 saturated heterocycles. The molecule has 2 N–H and O–H groups in total. The van der Waals surface area contributed by atoms with Gasteiger partial charge >= 0.3 is 0 Å². The number of nitrogens with one attached hydrogen (secondary N) is 2. The summed E-state index contributed by atoms with van der Waals surface area (Å²) in [6.07, 6.45) is 2.37. The molecule has 0 spiro atoms. The smallest absolute Gasteiger partial charge is 0.275 e. The summed E-state index contributed by atoms with van der Waals surface area (Å²) in [4.78, 5) is 24.1. The highest BCUT2D eigenvalue weighted by Gasteiger charge is 2.11. The topological polar surface area (TPSA) is 94.4 Å². The van der Waals surface area contributed by atoms with E-state index in [1.54, 1.807) is 36.4 Å². The van der Waals surface area contributed by atoms with Crippen molar-refractivity contribution in [2.24, 2.45) is 0 Å². The van der Waals surface area contributed by atoms with Gasteiger partial charge in [-0.1, -0.05) is 23.7 Å². The SMILES string of the molecule is Cc1cc(OCc2ccc(C(=O)NNC(=O)c3ccc[n+]([O-])c3)cc2)ccc1Cl. The van der Waals surface area contributed by atoms with Crippen LogP contribution in [0.2, 0.25) is 5.02 Å². The highest BCUT2D eigenvalue weighted by Crippen LogP contribution is 2.21. The number of hydrazine groups is 1. The van der Waals surface area contributed by atoms with Crippen LogP contribution in [0.4, 0.5) is 0 Å². The number of hydrogen-bond acceptors (Lipinski definition) is 4. The largest absolute Gasteiger partial charge is 0.619 e. The minimum atomic E-state index is -0.591. The lowest BCUT2D eigenvalue weighted by Gasteiger charge is -2.09. The molecule has 29 heavy (non-hydrogen) atoms. The maximum absolute atomic E-state index is 12.2. The Hall–Kier alpha value is -3.58. The van der Waals surface area contributed by atoms with Crippen molar-refractivity contribution < 1.29 is 19.1 Å². The Morgan fingerprint density at radius 2 is 1.72 bits per heavy atom. The lowest BCUT2D eigenvalue weighted by Crippen LogP contribution is -2.42. The standard InChI is InChI=1S/C21H18ClN3O4/c1-14-11-18(8-9-19(14)22)29-13-15-4-6-16(7-5-15)20(26)23-24-21(27)17-3-2-10-25(28)12-17/h2-12H,13H2,1H3,(H,23,26)(H,24,27). The van der Waals surface area contributed by atoms with E-state index in [2.05, 4.69) is 10.9 Å². The minimum absolute atomic E-state index is 0.132. The summed E-state index contributed by atoms with van der Waals surface area (Å²) in [5, 5.41) is 11.9. The van der Waals surface area contributed by atoms with Gasteiger partial charge < -0.3 is 9.94 Å². The summed E-state index contributed by atoms with van der Waals surface area (Å²) < 4.78 is 6.22. The predicted octanol–water partition coefficient (Wildman–Crippen LogP) is 2.94. The Kier molecular flexibility index (Phi) is 6.31. The summed E-state index contributed by atoms with van der Waals surface area (Å²) in [7, 11) is 0. The van der Waals surface area contributed by atoms with Gasteiger partial charge in [0.25, 0.3) is 11.8 Å². The molecule has 148 valence electrons. The first-order valence-electron chi connectivity index (χ1n) is 8.70. The Morgan fingerprint density at radius 1 is 1.03 bits per heavy atom. The average Bonchev–Trinajstić information content (AvgIpc) is 2.73. The fraction of sp³-hybridized carbons (Fsp3) is 0.0952. The van der Waals surface area contributed by atoms with Gasteiger partial charge in [0.15, 0.2) is 12.4 Å². The molecule has 1 aromatic heterocycles. The van der Waals surface area contributed by atoms with E-state index in [4.69, 9.17) is 16.3 Å². The third kappa shape index (κ3) is 5.46. The van der Waals surface area contributed by atoms with Crippen LogP contribution in [0.1, 0.15) is 31.8 Å². The molecule has 0 aliphatic carbocycles. The van der Waals surface area contributed by atoms with Gasteiger partial charge in [0.2, 0.25) is 0 Å². The zero-order valence-electron chi connectivity index (χ0n) is 15.5. The van der Waals surface area contributed by atoms with E-state index < -0.39 is 11.8 Å². The molecular weight excluding hydrogens is 394 g/mol. The summed E-state index contributed by atoms with van der Waals surface area (Å²) in [6, 6.07) is 15.1. The van der Waals surface area contributed by atoms with Gasteiger partial charge in [-0.15, -0.1) is 0 Å². The molecule has 0 saturated carbocycles. The van der Waals surface area contributed by atoms with Crippen molar-refractivity contribution in [1.82, 2.24) is 10.9 Å². The van der Waals surface area contributed by atoms with Gasteiger partial charge in [0.1, 0.15) is 17.9 Å². The van der Waals surface area contributed by atoms with Crippen LogP contribution in [-0.4, -0.2) is 11.8 Å². The summed E-state index contributed by atoms with van der Waals surface area (Å²) in [5.74, 6) is -0.367. The molecule has 0 radical (unpaired) electrons. The maximum Gasteiger partial charge on any atom is 0.275 e. The van der Waals surface area contributed by atoms with E-state index in [9.17, 15) is 14.8 Å². The number of amides is 2. The van der Waals surface area contributed by atoms with Crippen molar-refractivity contribution >= 4 is 23.4 Å². The fourth-order valence-electron chi connectivity index (χ4n) is 2.47. The van der Waals surface area contributed by atoms with Crippen molar-refractivity contribution in [3.05, 3.63) is 99.5 Å². The van der Waals surface area contributed by atoms with Crippen LogP contribution in [0.5, 0.6) is 5.75 Å². The van der Waals surface area contributed by atoms with Crippen molar-refractivity contribution in [3.63, 3.8) is 0 Å². The molecule has 7 nitrogen and oxygen atoms in total. The number of carbonyl (C=O) groups excluding carboxylic acids is 2. The van der Waals surface area contributed by atoms with Gasteiger partial charge in [-0.05, 0) is 54.4 Å². The van der Waals surface area contributed by atoms with Crippen LogP contribution in [0.25, 0.3) is 0 Å². The quantitative estimate of drug-likeness (QED) is 0.383. The second kappa shape index (κ2) is 9.07. The summed E-state index contributed by atoms with van der Waals surface area (Å²) in [5.41, 5.74) is 6.88. The van der Waals surface area contributed by atoms with E-state index in [1.165, 1.54) is 18.3 Å². The molecule has 0 fully saturated rings. The average molecular weight is 412 g/mol. The molecule has 0 aliphatic heterocycles. The number of benzene rings is 2. The fourth-order valence-corrected chi connectivity index (χ4v) is 2.59. The van der Waals surface area contributed by atoms with Crippen molar-refractivity contribution in [2.45, 2.75) is 13.5 Å². The predicted molar refractivity (Wildman–Crippen MR) is 107 cm³/mol. The Balaban J connectivity index is 1.53. The van der Waals surface area contributed by atoms with Gasteiger partial charge in [-0.3, -0.25) is 20.4 Å². The number of pyridine rings is 1. The van der Waals surface area contributed by atoms with Gasteiger partial charge in [0.05, 0.1) is 0 Å². The number of nitrogens with zero attached hydrogens (tertiary/aromatic N) is 1. The van der Waals surface area contributed by atoms with E-state index in [0.717, 1.165) is 17.3 Å². The van der Waals surface area contributed by atoms with Crippen molar-refractivity contribution in [2.75, 3.05) is 0 Å². The first kappa shape index (κ1) is 20.2. The number of aryl methyl sites for hydroxylation is 1. The van der Waals surface area contributed by atoms with Crippen molar-refractivity contribution in [3.8, 4) is 5.75 Å². The normalized spacial score (nSPS) is 10.3. The first-order valence-corrected chi connectivity index (χ1v) is 9.07. The monoisotopic (exact) mass is 411 g/mol. The third-order valence-electron chi connectivity index (χ3n) is 4.08. The number of hydrogen-bond donors (Lipinski definition) is 2. The number of ether oxygens (including phenoxy) is 1. The lowest BCUT2D eigenvalue weighted by molar-refractivity contribution is -0.605.